The molecular weight excluding hydrogens is 372 g/mol. The van der Waals surface area contributed by atoms with Gasteiger partial charge in [-0.05, 0) is 37.6 Å². The number of benzene rings is 1. The van der Waals surface area contributed by atoms with Crippen LogP contribution in [0.25, 0.3) is 0 Å². The van der Waals surface area contributed by atoms with E-state index in [1.54, 1.807) is 22.8 Å². The minimum absolute atomic E-state index is 0.216. The second-order valence-corrected chi connectivity index (χ2v) is 6.76. The third kappa shape index (κ3) is 5.10. The number of nitrogens with zero attached hydrogens (tertiary/aromatic N) is 3. The summed E-state index contributed by atoms with van der Waals surface area (Å²) in [5.74, 6) is -0.545. The van der Waals surface area contributed by atoms with Gasteiger partial charge in [0.2, 0.25) is 0 Å². The summed E-state index contributed by atoms with van der Waals surface area (Å²) in [4.78, 5) is 44.4. The van der Waals surface area contributed by atoms with Crippen LogP contribution in [0.5, 0.6) is 0 Å². The van der Waals surface area contributed by atoms with Crippen molar-refractivity contribution in [1.82, 2.24) is 14.8 Å². The van der Waals surface area contributed by atoms with Gasteiger partial charge in [0.1, 0.15) is 0 Å². The highest BCUT2D eigenvalue weighted by atomic mass is 16.6. The van der Waals surface area contributed by atoms with Gasteiger partial charge in [0, 0.05) is 44.3 Å². The third-order valence-corrected chi connectivity index (χ3v) is 4.62. The molecule has 3 rings (SSSR count). The highest BCUT2D eigenvalue weighted by Gasteiger charge is 2.26. The van der Waals surface area contributed by atoms with E-state index >= 15 is 0 Å². The molecule has 2 aromatic rings. The highest BCUT2D eigenvalue weighted by Crippen LogP contribution is 2.14. The molecule has 8 heteroatoms. The molecule has 0 atom stereocenters. The largest absolute Gasteiger partial charge is 0.450 e. The maximum Gasteiger partial charge on any atom is 0.409 e. The van der Waals surface area contributed by atoms with Crippen LogP contribution in [0, 0.1) is 6.92 Å². The number of piperazine rings is 1. The zero-order valence-corrected chi connectivity index (χ0v) is 16.6. The molecule has 2 heterocycles. The van der Waals surface area contributed by atoms with Crippen molar-refractivity contribution in [3.63, 3.8) is 0 Å². The van der Waals surface area contributed by atoms with Gasteiger partial charge in [-0.1, -0.05) is 12.1 Å². The van der Waals surface area contributed by atoms with Gasteiger partial charge in [0.05, 0.1) is 17.7 Å². The highest BCUT2D eigenvalue weighted by molar-refractivity contribution is 6.05. The first-order chi connectivity index (χ1) is 14.0. The molecule has 0 saturated carbocycles. The monoisotopic (exact) mass is 396 g/mol. The Bertz CT molecular complexity index is 907. The van der Waals surface area contributed by atoms with E-state index in [9.17, 15) is 14.4 Å². The maximum absolute atomic E-state index is 12.8. The van der Waals surface area contributed by atoms with Crippen molar-refractivity contribution in [3.05, 3.63) is 59.4 Å². The predicted octanol–water partition coefficient (Wildman–Crippen LogP) is 2.56. The van der Waals surface area contributed by atoms with Gasteiger partial charge in [-0.15, -0.1) is 0 Å². The molecule has 1 N–H and O–H groups in total. The molecule has 1 aromatic carbocycles. The van der Waals surface area contributed by atoms with Gasteiger partial charge in [0.15, 0.2) is 0 Å². The fourth-order valence-corrected chi connectivity index (χ4v) is 3.10. The van der Waals surface area contributed by atoms with Crippen molar-refractivity contribution in [1.29, 1.82) is 0 Å². The summed E-state index contributed by atoms with van der Waals surface area (Å²) < 4.78 is 4.99. The number of hydrogen-bond donors (Lipinski definition) is 1. The number of pyridine rings is 1. The molecule has 0 bridgehead atoms. The van der Waals surface area contributed by atoms with Crippen LogP contribution in [0.3, 0.4) is 0 Å². The molecule has 1 saturated heterocycles. The first-order valence-electron chi connectivity index (χ1n) is 9.52. The van der Waals surface area contributed by atoms with E-state index < -0.39 is 0 Å². The fraction of sp³-hybridized carbons (Fsp3) is 0.333. The van der Waals surface area contributed by atoms with Crippen LogP contribution in [0.15, 0.2) is 42.7 Å². The second kappa shape index (κ2) is 9.18. The number of nitrogens with one attached hydrogen (secondary N) is 1. The number of carbonyl (C=O) groups is 3. The molecule has 0 spiro atoms. The summed E-state index contributed by atoms with van der Waals surface area (Å²) in [6.07, 6.45) is 2.51. The number of anilines is 1. The summed E-state index contributed by atoms with van der Waals surface area (Å²) in [7, 11) is 0. The van der Waals surface area contributed by atoms with E-state index in [2.05, 4.69) is 10.3 Å². The van der Waals surface area contributed by atoms with E-state index in [0.29, 0.717) is 49.6 Å². The Morgan fingerprint density at radius 3 is 2.41 bits per heavy atom. The smallest absolute Gasteiger partial charge is 0.409 e. The third-order valence-electron chi connectivity index (χ3n) is 4.62. The lowest BCUT2D eigenvalue weighted by Gasteiger charge is -2.34. The zero-order chi connectivity index (χ0) is 20.8. The number of ether oxygens (including phenoxy) is 1. The van der Waals surface area contributed by atoms with Crippen LogP contribution >= 0.6 is 0 Å². The molecule has 1 aliphatic heterocycles. The van der Waals surface area contributed by atoms with Crippen molar-refractivity contribution in [2.75, 3.05) is 38.1 Å². The zero-order valence-electron chi connectivity index (χ0n) is 16.6. The number of amides is 3. The summed E-state index contributed by atoms with van der Waals surface area (Å²) >= 11 is 0. The van der Waals surface area contributed by atoms with Crippen LogP contribution in [-0.2, 0) is 4.74 Å². The van der Waals surface area contributed by atoms with Crippen LogP contribution in [-0.4, -0.2) is 65.5 Å². The number of hydrogen-bond acceptors (Lipinski definition) is 5. The minimum Gasteiger partial charge on any atom is -0.450 e. The van der Waals surface area contributed by atoms with E-state index in [4.69, 9.17) is 4.74 Å². The van der Waals surface area contributed by atoms with Crippen molar-refractivity contribution in [3.8, 4) is 0 Å². The van der Waals surface area contributed by atoms with Crippen molar-refractivity contribution in [2.24, 2.45) is 0 Å². The lowest BCUT2D eigenvalue weighted by atomic mass is 10.1. The fourth-order valence-electron chi connectivity index (χ4n) is 3.10. The normalized spacial score (nSPS) is 13.7. The molecule has 29 heavy (non-hydrogen) atoms. The van der Waals surface area contributed by atoms with Gasteiger partial charge in [-0.2, -0.15) is 0 Å². The molecule has 0 radical (unpaired) electrons. The quantitative estimate of drug-likeness (QED) is 0.858. The SMILES string of the molecule is CCOC(=O)N1CCN(C(=O)c2cncc(C(=O)Nc3cccc(C)c3)c2)CC1. The molecule has 0 unspecified atom stereocenters. The average Bonchev–Trinajstić information content (AvgIpc) is 2.73. The molecular formula is C21H24N4O4. The maximum atomic E-state index is 12.8. The molecule has 8 nitrogen and oxygen atoms in total. The summed E-state index contributed by atoms with van der Waals surface area (Å²) in [6, 6.07) is 9.01. The summed E-state index contributed by atoms with van der Waals surface area (Å²) in [5.41, 5.74) is 2.36. The van der Waals surface area contributed by atoms with Crippen LogP contribution in [0.4, 0.5) is 10.5 Å². The van der Waals surface area contributed by atoms with Crippen molar-refractivity contribution < 1.29 is 19.1 Å². The van der Waals surface area contributed by atoms with E-state index in [1.807, 2.05) is 25.1 Å². The number of carbonyl (C=O) groups excluding carboxylic acids is 3. The topological polar surface area (TPSA) is 91.8 Å². The molecule has 1 aromatic heterocycles. The first kappa shape index (κ1) is 20.3. The predicted molar refractivity (Wildman–Crippen MR) is 108 cm³/mol. The Hall–Kier alpha value is -3.42. The van der Waals surface area contributed by atoms with E-state index in [1.165, 1.54) is 18.5 Å². The number of rotatable bonds is 4. The first-order valence-corrected chi connectivity index (χ1v) is 9.52. The number of aromatic nitrogens is 1. The molecule has 152 valence electrons. The molecule has 1 aliphatic rings. The van der Waals surface area contributed by atoms with Crippen LogP contribution in [0.2, 0.25) is 0 Å². The van der Waals surface area contributed by atoms with Crippen molar-refractivity contribution in [2.45, 2.75) is 13.8 Å². The van der Waals surface area contributed by atoms with Gasteiger partial charge in [-0.3, -0.25) is 14.6 Å². The van der Waals surface area contributed by atoms with Gasteiger partial charge in [-0.25, -0.2) is 4.79 Å². The van der Waals surface area contributed by atoms with Gasteiger partial charge in [0.25, 0.3) is 11.8 Å². The van der Waals surface area contributed by atoms with Gasteiger partial charge < -0.3 is 19.9 Å². The molecule has 0 aliphatic carbocycles. The Balaban J connectivity index is 1.64. The Morgan fingerprint density at radius 1 is 1.03 bits per heavy atom. The molecule has 1 fully saturated rings. The Morgan fingerprint density at radius 2 is 1.72 bits per heavy atom. The second-order valence-electron chi connectivity index (χ2n) is 6.76. The summed E-state index contributed by atoms with van der Waals surface area (Å²) in [6.45, 7) is 5.64. The lowest BCUT2D eigenvalue weighted by Crippen LogP contribution is -2.50. The van der Waals surface area contributed by atoms with E-state index in [0.717, 1.165) is 5.56 Å². The minimum atomic E-state index is -0.365. The van der Waals surface area contributed by atoms with Crippen LogP contribution < -0.4 is 5.32 Å². The van der Waals surface area contributed by atoms with Crippen molar-refractivity contribution >= 4 is 23.6 Å². The Labute approximate surface area is 169 Å². The standard InChI is InChI=1S/C21H24N4O4/c1-3-29-21(28)25-9-7-24(8-10-25)20(27)17-12-16(13-22-14-17)19(26)23-18-6-4-5-15(2)11-18/h4-6,11-14H,3,7-10H2,1-2H3,(H,23,26). The Kier molecular flexibility index (Phi) is 6.43. The summed E-state index contributed by atoms with van der Waals surface area (Å²) in [5, 5.41) is 2.81. The van der Waals surface area contributed by atoms with Crippen LogP contribution in [0.1, 0.15) is 33.2 Å². The lowest BCUT2D eigenvalue weighted by molar-refractivity contribution is 0.0570. The average molecular weight is 396 g/mol. The van der Waals surface area contributed by atoms with E-state index in [-0.39, 0.29) is 17.9 Å². The van der Waals surface area contributed by atoms with Gasteiger partial charge >= 0.3 is 6.09 Å². The number of aryl methyl sites for hydroxylation is 1. The molecule has 3 amide bonds.